The van der Waals surface area contributed by atoms with E-state index >= 15 is 0 Å². The van der Waals surface area contributed by atoms with Crippen molar-refractivity contribution in [2.24, 2.45) is 0 Å². The maximum absolute atomic E-state index is 13.0. The van der Waals surface area contributed by atoms with Crippen LogP contribution in [-0.4, -0.2) is 19.7 Å². The summed E-state index contributed by atoms with van der Waals surface area (Å²) in [6, 6.07) is 11.9. The van der Waals surface area contributed by atoms with Crippen LogP contribution in [-0.2, 0) is 18.5 Å². The molecule has 4 aromatic rings. The lowest BCUT2D eigenvalue weighted by molar-refractivity contribution is -0.137. The molecule has 172 valence electrons. The van der Waals surface area contributed by atoms with Gasteiger partial charge in [0.05, 0.1) is 22.2 Å². The molecule has 0 atom stereocenters. The largest absolute Gasteiger partial charge is 0.416 e. The van der Waals surface area contributed by atoms with Gasteiger partial charge in [0.1, 0.15) is 0 Å². The van der Waals surface area contributed by atoms with Crippen LogP contribution in [0.25, 0.3) is 22.3 Å². The van der Waals surface area contributed by atoms with Crippen molar-refractivity contribution in [1.82, 2.24) is 19.7 Å². The highest BCUT2D eigenvalue weighted by Gasteiger charge is 2.30. The molecule has 0 radical (unpaired) electrons. The van der Waals surface area contributed by atoms with E-state index in [0.29, 0.717) is 22.6 Å². The first-order valence-electron chi connectivity index (χ1n) is 10.5. The summed E-state index contributed by atoms with van der Waals surface area (Å²) in [5, 5.41) is 4.91. The van der Waals surface area contributed by atoms with Crippen molar-refractivity contribution >= 4 is 22.7 Å². The minimum Gasteiger partial charge on any atom is -0.338 e. The lowest BCUT2D eigenvalue weighted by Crippen LogP contribution is -2.23. The number of hydrogen-bond donors (Lipinski definition) is 0. The van der Waals surface area contributed by atoms with E-state index in [0.717, 1.165) is 31.4 Å². The summed E-state index contributed by atoms with van der Waals surface area (Å²) in [5.74, 6) is 0.531. The minimum absolute atomic E-state index is 0.0727. The van der Waals surface area contributed by atoms with Gasteiger partial charge in [0.25, 0.3) is 5.56 Å². The fraction of sp³-hybridized carbons (Fsp3) is 0.304. The van der Waals surface area contributed by atoms with Crippen LogP contribution in [0.2, 0.25) is 0 Å². The molecule has 0 aliphatic rings. The standard InChI is InChI=1S/C23H21F3N4O2S/c1-2-3-6-12-30-21(31)17-10-4-5-11-18(17)27-22(30)33-14-19-28-20(29-32-19)15-8-7-9-16(13-15)23(24,25)26/h4-5,7-11,13H,2-3,6,12,14H2,1H3. The molecule has 0 aliphatic carbocycles. The maximum atomic E-state index is 13.0. The van der Waals surface area contributed by atoms with Gasteiger partial charge < -0.3 is 4.52 Å². The van der Waals surface area contributed by atoms with Crippen molar-refractivity contribution in [2.75, 3.05) is 0 Å². The van der Waals surface area contributed by atoms with E-state index in [9.17, 15) is 18.0 Å². The number of rotatable bonds is 8. The lowest BCUT2D eigenvalue weighted by atomic mass is 10.1. The molecule has 0 fully saturated rings. The molecule has 4 rings (SSSR count). The molecule has 0 spiro atoms. The summed E-state index contributed by atoms with van der Waals surface area (Å²) in [4.78, 5) is 21.9. The van der Waals surface area contributed by atoms with E-state index in [2.05, 4.69) is 22.0 Å². The monoisotopic (exact) mass is 474 g/mol. The molecule has 0 N–H and O–H groups in total. The number of benzene rings is 2. The average Bonchev–Trinajstić information content (AvgIpc) is 3.28. The third-order valence-electron chi connectivity index (χ3n) is 5.05. The van der Waals surface area contributed by atoms with Gasteiger partial charge in [0.15, 0.2) is 5.16 Å². The number of para-hydroxylation sites is 1. The van der Waals surface area contributed by atoms with Crippen molar-refractivity contribution in [3.8, 4) is 11.4 Å². The summed E-state index contributed by atoms with van der Waals surface area (Å²) in [5.41, 5.74) is -0.0661. The topological polar surface area (TPSA) is 73.8 Å². The number of aromatic nitrogens is 4. The number of nitrogens with zero attached hydrogens (tertiary/aromatic N) is 4. The molecular weight excluding hydrogens is 453 g/mol. The molecule has 0 unspecified atom stereocenters. The Bertz CT molecular complexity index is 1320. The van der Waals surface area contributed by atoms with Crippen molar-refractivity contribution in [2.45, 2.75) is 49.8 Å². The number of thioether (sulfide) groups is 1. The zero-order valence-corrected chi connectivity index (χ0v) is 18.6. The molecule has 0 saturated carbocycles. The van der Waals surface area contributed by atoms with Crippen LogP contribution in [0.4, 0.5) is 13.2 Å². The highest BCUT2D eigenvalue weighted by Crippen LogP contribution is 2.31. The Kier molecular flexibility index (Phi) is 6.83. The predicted molar refractivity (Wildman–Crippen MR) is 120 cm³/mol. The molecule has 2 heterocycles. The van der Waals surface area contributed by atoms with E-state index in [-0.39, 0.29) is 28.6 Å². The second-order valence-corrected chi connectivity index (χ2v) is 8.40. The Morgan fingerprint density at radius 3 is 2.67 bits per heavy atom. The Labute approximate surface area is 191 Å². The van der Waals surface area contributed by atoms with Gasteiger partial charge in [-0.2, -0.15) is 18.2 Å². The van der Waals surface area contributed by atoms with Crippen LogP contribution in [0.3, 0.4) is 0 Å². The fourth-order valence-electron chi connectivity index (χ4n) is 3.37. The highest BCUT2D eigenvalue weighted by atomic mass is 32.2. The highest BCUT2D eigenvalue weighted by molar-refractivity contribution is 7.98. The van der Waals surface area contributed by atoms with E-state index in [1.807, 2.05) is 12.1 Å². The molecule has 0 saturated heterocycles. The first-order valence-corrected chi connectivity index (χ1v) is 11.5. The lowest BCUT2D eigenvalue weighted by Gasteiger charge is -2.12. The second-order valence-electron chi connectivity index (χ2n) is 7.45. The Hall–Kier alpha value is -3.14. The van der Waals surface area contributed by atoms with E-state index in [1.54, 1.807) is 16.7 Å². The predicted octanol–water partition coefficient (Wildman–Crippen LogP) is 5.95. The quantitative estimate of drug-likeness (QED) is 0.179. The smallest absolute Gasteiger partial charge is 0.338 e. The summed E-state index contributed by atoms with van der Waals surface area (Å²) >= 11 is 1.28. The number of alkyl halides is 3. The van der Waals surface area contributed by atoms with Gasteiger partial charge in [-0.15, -0.1) is 0 Å². The van der Waals surface area contributed by atoms with Gasteiger partial charge in [-0.1, -0.05) is 60.9 Å². The summed E-state index contributed by atoms with van der Waals surface area (Å²) in [6.07, 6.45) is -1.59. The molecule has 0 aliphatic heterocycles. The SMILES string of the molecule is CCCCCn1c(SCc2nc(-c3cccc(C(F)(F)F)c3)no2)nc2ccccc2c1=O. The first kappa shape index (κ1) is 23.0. The third-order valence-corrected chi connectivity index (χ3v) is 6.01. The summed E-state index contributed by atoms with van der Waals surface area (Å²) < 4.78 is 45.9. The molecule has 0 bridgehead atoms. The molecule has 33 heavy (non-hydrogen) atoms. The van der Waals surface area contributed by atoms with Gasteiger partial charge in [-0.25, -0.2) is 4.98 Å². The van der Waals surface area contributed by atoms with E-state index in [4.69, 9.17) is 4.52 Å². The van der Waals surface area contributed by atoms with Crippen molar-refractivity contribution in [3.63, 3.8) is 0 Å². The van der Waals surface area contributed by atoms with Gasteiger partial charge in [0.2, 0.25) is 11.7 Å². The van der Waals surface area contributed by atoms with Crippen molar-refractivity contribution in [3.05, 3.63) is 70.3 Å². The van der Waals surface area contributed by atoms with Crippen LogP contribution in [0, 0.1) is 0 Å². The Morgan fingerprint density at radius 1 is 1.06 bits per heavy atom. The number of hydrogen-bond acceptors (Lipinski definition) is 6. The zero-order chi connectivity index (χ0) is 23.4. The van der Waals surface area contributed by atoms with E-state index in [1.165, 1.54) is 23.9 Å². The molecule has 2 aromatic heterocycles. The van der Waals surface area contributed by atoms with Crippen LogP contribution in [0.5, 0.6) is 0 Å². The van der Waals surface area contributed by atoms with Crippen molar-refractivity contribution < 1.29 is 17.7 Å². The average molecular weight is 475 g/mol. The van der Waals surface area contributed by atoms with Crippen LogP contribution in [0.15, 0.2) is 63.0 Å². The first-order chi connectivity index (χ1) is 15.9. The number of halogens is 3. The molecule has 10 heteroatoms. The Balaban J connectivity index is 1.57. The fourth-order valence-corrected chi connectivity index (χ4v) is 4.23. The van der Waals surface area contributed by atoms with E-state index < -0.39 is 11.7 Å². The molecule has 2 aromatic carbocycles. The zero-order valence-electron chi connectivity index (χ0n) is 17.8. The van der Waals surface area contributed by atoms with Gasteiger partial charge in [-0.05, 0) is 30.7 Å². The van der Waals surface area contributed by atoms with Crippen molar-refractivity contribution in [1.29, 1.82) is 0 Å². The third kappa shape index (κ3) is 5.27. The molecule has 6 nitrogen and oxygen atoms in total. The van der Waals surface area contributed by atoms with Gasteiger partial charge in [0, 0.05) is 12.1 Å². The maximum Gasteiger partial charge on any atom is 0.416 e. The molecule has 0 amide bonds. The minimum atomic E-state index is -4.46. The summed E-state index contributed by atoms with van der Waals surface area (Å²) in [7, 11) is 0. The van der Waals surface area contributed by atoms with Crippen LogP contribution < -0.4 is 5.56 Å². The van der Waals surface area contributed by atoms with Gasteiger partial charge in [-0.3, -0.25) is 9.36 Å². The second kappa shape index (κ2) is 9.78. The Morgan fingerprint density at radius 2 is 1.88 bits per heavy atom. The number of fused-ring (bicyclic) bond motifs is 1. The van der Waals surface area contributed by atoms with Crippen LogP contribution in [0.1, 0.15) is 37.6 Å². The van der Waals surface area contributed by atoms with Gasteiger partial charge >= 0.3 is 6.18 Å². The molecular formula is C23H21F3N4O2S. The normalized spacial score (nSPS) is 11.9. The summed E-state index contributed by atoms with van der Waals surface area (Å²) in [6.45, 7) is 2.64. The van der Waals surface area contributed by atoms with Crippen LogP contribution >= 0.6 is 11.8 Å². The number of unbranched alkanes of at least 4 members (excludes halogenated alkanes) is 2.